The fraction of sp³-hybridized carbons (Fsp3) is 0.333. The van der Waals surface area contributed by atoms with Gasteiger partial charge in [0.05, 0.1) is 58.7 Å². The number of nitrogens with zero attached hydrogens (tertiary/aromatic N) is 6. The van der Waals surface area contributed by atoms with Crippen molar-refractivity contribution in [2.75, 3.05) is 31.6 Å². The lowest BCUT2D eigenvalue weighted by Gasteiger charge is -2.31. The van der Waals surface area contributed by atoms with Crippen molar-refractivity contribution in [1.29, 1.82) is 0 Å². The van der Waals surface area contributed by atoms with E-state index in [9.17, 15) is 9.90 Å². The number of imidazole rings is 1. The van der Waals surface area contributed by atoms with E-state index in [2.05, 4.69) is 10.1 Å². The summed E-state index contributed by atoms with van der Waals surface area (Å²) in [6.07, 6.45) is 4.01. The lowest BCUT2D eigenvalue weighted by Crippen LogP contribution is -2.38. The van der Waals surface area contributed by atoms with E-state index >= 15 is 0 Å². The first kappa shape index (κ1) is 24.0. The Morgan fingerprint density at radius 1 is 1.26 bits per heavy atom. The van der Waals surface area contributed by atoms with Gasteiger partial charge in [-0.15, -0.1) is 0 Å². The van der Waals surface area contributed by atoms with Gasteiger partial charge in [-0.1, -0.05) is 17.7 Å². The first-order chi connectivity index (χ1) is 22.0. The monoisotopic (exact) mass is 607 g/mol. The fourth-order valence-electron chi connectivity index (χ4n) is 5.43. The highest BCUT2D eigenvalue weighted by atomic mass is 35.5. The van der Waals surface area contributed by atoms with Gasteiger partial charge in [0.15, 0.2) is 11.5 Å². The number of aromatic carboxylic acids is 1. The molecule has 5 heterocycles. The molecule has 1 fully saturated rings. The largest absolute Gasteiger partial charge is 0.494 e. The summed E-state index contributed by atoms with van der Waals surface area (Å²) in [4.78, 5) is 23.0. The van der Waals surface area contributed by atoms with Crippen LogP contribution < -0.4 is 19.1 Å². The molecule has 0 spiro atoms. The molecule has 3 aliphatic heterocycles. The highest BCUT2D eigenvalue weighted by Gasteiger charge is 2.42. The van der Waals surface area contributed by atoms with Gasteiger partial charge in [0.25, 0.3) is 5.79 Å². The number of hydrogen-bond donors (Lipinski definition) is 1. The molecule has 0 radical (unpaired) electrons. The van der Waals surface area contributed by atoms with Crippen LogP contribution in [-0.4, -0.2) is 69.8 Å². The van der Waals surface area contributed by atoms with E-state index in [1.54, 1.807) is 31.6 Å². The highest BCUT2D eigenvalue weighted by molar-refractivity contribution is 6.30. The average molecular weight is 608 g/mol. The zero-order valence-electron chi connectivity index (χ0n) is 26.1. The minimum absolute atomic E-state index is 0.0758. The Balaban J connectivity index is 1.16. The van der Waals surface area contributed by atoms with Crippen LogP contribution in [-0.2, 0) is 23.6 Å². The predicted octanol–water partition coefficient (Wildman–Crippen LogP) is 4.49. The summed E-state index contributed by atoms with van der Waals surface area (Å²) in [6, 6.07) is 11.8. The van der Waals surface area contributed by atoms with Crippen LogP contribution in [0.5, 0.6) is 17.2 Å². The SMILES string of the molecule is [2H]C([2H])([2H])Oc1cc(C(=O)O)cc2c1nc(CN1CCN(c3cccc4c3OC(C)(c3ccc(Cl)cn3)O4)C=N1)n2C[C@@H]1CCO1. The number of carboxylic acids is 1. The minimum atomic E-state index is -2.79. The molecular weight excluding hydrogens is 576 g/mol. The molecule has 2 atom stereocenters. The number of carbonyl (C=O) groups is 1. The Labute approximate surface area is 256 Å². The number of para-hydroxylation sites is 1. The van der Waals surface area contributed by atoms with Crippen LogP contribution in [0, 0.1) is 0 Å². The summed E-state index contributed by atoms with van der Waals surface area (Å²) in [5, 5.41) is 16.8. The molecule has 222 valence electrons. The number of pyridine rings is 1. The van der Waals surface area contributed by atoms with Gasteiger partial charge in [-0.05, 0) is 42.8 Å². The summed E-state index contributed by atoms with van der Waals surface area (Å²) in [5.74, 6) is -0.751. The third-order valence-electron chi connectivity index (χ3n) is 7.77. The molecule has 0 amide bonds. The number of methoxy groups -OCH3 is 1. The zero-order valence-corrected chi connectivity index (χ0v) is 23.8. The second kappa shape index (κ2) is 10.6. The normalized spacial score (nSPS) is 22.2. The Kier molecular flexibility index (Phi) is 5.92. The molecule has 2 aromatic heterocycles. The number of hydrazone groups is 1. The highest BCUT2D eigenvalue weighted by Crippen LogP contribution is 2.49. The van der Waals surface area contributed by atoms with E-state index in [1.807, 2.05) is 32.7 Å². The molecule has 2 aromatic carbocycles. The van der Waals surface area contributed by atoms with Gasteiger partial charge in [0.2, 0.25) is 0 Å². The van der Waals surface area contributed by atoms with Crippen LogP contribution in [0.25, 0.3) is 11.0 Å². The van der Waals surface area contributed by atoms with E-state index in [1.165, 1.54) is 12.1 Å². The van der Waals surface area contributed by atoms with E-state index in [0.29, 0.717) is 59.8 Å². The molecule has 0 saturated carbocycles. The number of anilines is 1. The van der Waals surface area contributed by atoms with Crippen molar-refractivity contribution in [2.45, 2.75) is 38.3 Å². The summed E-state index contributed by atoms with van der Waals surface area (Å²) >= 11 is 6.02. The molecular formula is C30H29ClN6O6. The number of ether oxygens (including phenoxy) is 4. The Hall–Kier alpha value is -4.55. The topological polar surface area (TPSA) is 124 Å². The molecule has 13 heteroatoms. The zero-order chi connectivity index (χ0) is 32.2. The molecule has 12 nitrogen and oxygen atoms in total. The van der Waals surface area contributed by atoms with Crippen molar-refractivity contribution in [1.82, 2.24) is 19.5 Å². The minimum Gasteiger partial charge on any atom is -0.494 e. The summed E-state index contributed by atoms with van der Waals surface area (Å²) in [7, 11) is -2.79. The van der Waals surface area contributed by atoms with Crippen molar-refractivity contribution < 1.29 is 33.0 Å². The van der Waals surface area contributed by atoms with Gasteiger partial charge in [-0.2, -0.15) is 5.10 Å². The first-order valence-corrected chi connectivity index (χ1v) is 14.1. The second-order valence-electron chi connectivity index (χ2n) is 10.6. The van der Waals surface area contributed by atoms with Crippen molar-refractivity contribution in [2.24, 2.45) is 5.10 Å². The van der Waals surface area contributed by atoms with Gasteiger partial charge in [0.1, 0.15) is 29.1 Å². The second-order valence-corrected chi connectivity index (χ2v) is 11.0. The molecule has 4 aromatic rings. The van der Waals surface area contributed by atoms with Gasteiger partial charge in [0, 0.05) is 26.3 Å². The summed E-state index contributed by atoms with van der Waals surface area (Å²) < 4.78 is 48.1. The molecule has 0 bridgehead atoms. The van der Waals surface area contributed by atoms with Crippen molar-refractivity contribution in [3.05, 3.63) is 70.8 Å². The Bertz CT molecular complexity index is 1850. The van der Waals surface area contributed by atoms with Gasteiger partial charge < -0.3 is 33.5 Å². The number of benzene rings is 2. The lowest BCUT2D eigenvalue weighted by atomic mass is 10.1. The number of carboxylic acid groups (broad SMARTS) is 1. The average Bonchev–Trinajstić information content (AvgIpc) is 3.52. The third kappa shape index (κ3) is 4.96. The van der Waals surface area contributed by atoms with Crippen LogP contribution in [0.1, 0.15) is 39.3 Å². The molecule has 0 aliphatic carbocycles. The summed E-state index contributed by atoms with van der Waals surface area (Å²) in [5.41, 5.74) is 1.96. The maximum Gasteiger partial charge on any atom is 0.335 e. The first-order valence-electron chi connectivity index (χ1n) is 15.2. The van der Waals surface area contributed by atoms with Crippen LogP contribution in [0.4, 0.5) is 5.69 Å². The van der Waals surface area contributed by atoms with Gasteiger partial charge >= 0.3 is 5.97 Å². The molecule has 1 unspecified atom stereocenters. The van der Waals surface area contributed by atoms with Crippen molar-refractivity contribution in [3.63, 3.8) is 0 Å². The van der Waals surface area contributed by atoms with Crippen molar-refractivity contribution >= 4 is 40.6 Å². The lowest BCUT2D eigenvalue weighted by molar-refractivity contribution is -0.0715. The Morgan fingerprint density at radius 3 is 2.84 bits per heavy atom. The number of rotatable bonds is 8. The van der Waals surface area contributed by atoms with Crippen LogP contribution in [0.2, 0.25) is 5.02 Å². The molecule has 1 N–H and O–H groups in total. The molecule has 3 aliphatic rings. The number of fused-ring (bicyclic) bond motifs is 2. The smallest absolute Gasteiger partial charge is 0.335 e. The van der Waals surface area contributed by atoms with E-state index < -0.39 is 18.8 Å². The van der Waals surface area contributed by atoms with E-state index in [4.69, 9.17) is 39.6 Å². The Morgan fingerprint density at radius 2 is 2.14 bits per heavy atom. The third-order valence-corrected chi connectivity index (χ3v) is 8.00. The number of hydrogen-bond acceptors (Lipinski definition) is 10. The van der Waals surface area contributed by atoms with Crippen LogP contribution >= 0.6 is 11.6 Å². The van der Waals surface area contributed by atoms with Gasteiger partial charge in [-0.3, -0.25) is 9.99 Å². The molecule has 43 heavy (non-hydrogen) atoms. The van der Waals surface area contributed by atoms with Gasteiger partial charge in [-0.25, -0.2) is 9.78 Å². The van der Waals surface area contributed by atoms with Crippen molar-refractivity contribution in [3.8, 4) is 17.2 Å². The standard InChI is InChI=1S/C30H29ClN6O6/c1-30(25-7-6-19(31)14-32-25)42-23-5-3-4-21(28(23)43-30)35-9-10-36(33-17-35)16-26-34-27-22(37(26)15-20-8-11-41-20)12-18(29(38)39)13-24(27)40-2/h3-7,12-14,17,20H,8-11,15-16H2,1-2H3,(H,38,39)/t20-,30?/m0/s1/i2D3. The van der Waals surface area contributed by atoms with E-state index in [0.717, 1.165) is 12.1 Å². The predicted molar refractivity (Wildman–Crippen MR) is 158 cm³/mol. The summed E-state index contributed by atoms with van der Waals surface area (Å²) in [6.45, 7) is 4.20. The van der Waals surface area contributed by atoms with Crippen LogP contribution in [0.15, 0.2) is 53.8 Å². The molecule has 1 saturated heterocycles. The quantitative estimate of drug-likeness (QED) is 0.306. The number of halogens is 1. The maximum atomic E-state index is 11.9. The van der Waals surface area contributed by atoms with E-state index in [-0.39, 0.29) is 29.5 Å². The fourth-order valence-corrected chi connectivity index (χ4v) is 5.54. The van der Waals surface area contributed by atoms with Crippen LogP contribution in [0.3, 0.4) is 0 Å². The number of aromatic nitrogens is 3. The molecule has 7 rings (SSSR count). The maximum absolute atomic E-state index is 11.9.